The first-order chi connectivity index (χ1) is 8.71. The molecule has 0 fully saturated rings. The Bertz CT molecular complexity index is 185. The molecule has 0 aliphatic rings. The predicted octanol–water partition coefficient (Wildman–Crippen LogP) is 5.42. The smallest absolute Gasteiger partial charge is 0.183 e. The Morgan fingerprint density at radius 2 is 0.737 bits per heavy atom. The molecule has 19 heavy (non-hydrogen) atoms. The van der Waals surface area contributed by atoms with E-state index in [2.05, 4.69) is 39.3 Å². The highest BCUT2D eigenvalue weighted by molar-refractivity contribution is 6.70. The van der Waals surface area contributed by atoms with Crippen molar-refractivity contribution in [2.75, 3.05) is 13.2 Å². The SMILES string of the molecule is C[Si](C)(C)OCCCCCCCCCO[Si](C)(C)C. The van der Waals surface area contributed by atoms with Gasteiger partial charge in [0.05, 0.1) is 0 Å². The summed E-state index contributed by atoms with van der Waals surface area (Å²) in [6, 6.07) is 0. The lowest BCUT2D eigenvalue weighted by atomic mass is 10.1. The largest absolute Gasteiger partial charge is 0.418 e. The van der Waals surface area contributed by atoms with Crippen LogP contribution >= 0.6 is 0 Å². The topological polar surface area (TPSA) is 18.5 Å². The molecule has 0 aliphatic heterocycles. The molecule has 0 saturated carbocycles. The maximum Gasteiger partial charge on any atom is 0.183 e. The minimum atomic E-state index is -1.27. The summed E-state index contributed by atoms with van der Waals surface area (Å²) in [6.45, 7) is 15.5. The second kappa shape index (κ2) is 10.1. The molecule has 0 aromatic carbocycles. The molecule has 116 valence electrons. The Labute approximate surface area is 123 Å². The van der Waals surface area contributed by atoms with Crippen molar-refractivity contribution < 1.29 is 8.85 Å². The van der Waals surface area contributed by atoms with Crippen LogP contribution in [0.3, 0.4) is 0 Å². The monoisotopic (exact) mass is 304 g/mol. The minimum absolute atomic E-state index is 0.972. The van der Waals surface area contributed by atoms with Crippen LogP contribution < -0.4 is 0 Å². The zero-order valence-corrected chi connectivity index (χ0v) is 16.2. The van der Waals surface area contributed by atoms with Crippen molar-refractivity contribution in [3.8, 4) is 0 Å². The molecule has 4 heteroatoms. The Hall–Kier alpha value is 0.354. The van der Waals surface area contributed by atoms with Crippen molar-refractivity contribution >= 4 is 16.6 Å². The maximum absolute atomic E-state index is 5.85. The fraction of sp³-hybridized carbons (Fsp3) is 1.00. The van der Waals surface area contributed by atoms with Crippen LogP contribution in [0.5, 0.6) is 0 Å². The van der Waals surface area contributed by atoms with Crippen molar-refractivity contribution in [1.29, 1.82) is 0 Å². The predicted molar refractivity (Wildman–Crippen MR) is 90.9 cm³/mol. The zero-order valence-electron chi connectivity index (χ0n) is 14.2. The van der Waals surface area contributed by atoms with Gasteiger partial charge >= 0.3 is 0 Å². The van der Waals surface area contributed by atoms with Gasteiger partial charge in [0.15, 0.2) is 16.6 Å². The van der Waals surface area contributed by atoms with Crippen molar-refractivity contribution in [2.45, 2.75) is 84.2 Å². The third kappa shape index (κ3) is 18.4. The molecule has 0 aromatic rings. The van der Waals surface area contributed by atoms with E-state index in [-0.39, 0.29) is 0 Å². The van der Waals surface area contributed by atoms with E-state index in [0.717, 1.165) is 13.2 Å². The standard InChI is InChI=1S/C15H36O2Si2/c1-18(2,3)16-14-12-10-8-7-9-11-13-15-17-19(4,5)6/h7-15H2,1-6H3. The fourth-order valence-corrected chi connectivity index (χ4v) is 3.36. The van der Waals surface area contributed by atoms with Crippen LogP contribution in [0.4, 0.5) is 0 Å². The van der Waals surface area contributed by atoms with Crippen molar-refractivity contribution in [3.63, 3.8) is 0 Å². The van der Waals surface area contributed by atoms with Gasteiger partial charge in [0, 0.05) is 13.2 Å². The average Bonchev–Trinajstić information content (AvgIpc) is 2.22. The Morgan fingerprint density at radius 1 is 0.474 bits per heavy atom. The lowest BCUT2D eigenvalue weighted by molar-refractivity contribution is 0.294. The van der Waals surface area contributed by atoms with E-state index in [4.69, 9.17) is 8.85 Å². The van der Waals surface area contributed by atoms with Crippen LogP contribution in [0.15, 0.2) is 0 Å². The van der Waals surface area contributed by atoms with Gasteiger partial charge in [-0.05, 0) is 52.1 Å². The molecule has 0 radical (unpaired) electrons. The summed E-state index contributed by atoms with van der Waals surface area (Å²) in [5.41, 5.74) is 0. The molecule has 0 N–H and O–H groups in total. The molecule has 0 spiro atoms. The quantitative estimate of drug-likeness (QED) is 0.354. The minimum Gasteiger partial charge on any atom is -0.418 e. The third-order valence-electron chi connectivity index (χ3n) is 2.86. The van der Waals surface area contributed by atoms with Crippen LogP contribution in [-0.4, -0.2) is 29.8 Å². The number of hydrogen-bond acceptors (Lipinski definition) is 2. The average molecular weight is 305 g/mol. The molecule has 0 amide bonds. The van der Waals surface area contributed by atoms with Crippen LogP contribution in [-0.2, 0) is 8.85 Å². The molecule has 0 aromatic heterocycles. The molecule has 0 unspecified atom stereocenters. The molecule has 0 bridgehead atoms. The first-order valence-corrected chi connectivity index (χ1v) is 14.8. The summed E-state index contributed by atoms with van der Waals surface area (Å²) in [5.74, 6) is 0. The normalized spacial score (nSPS) is 12.9. The zero-order chi connectivity index (χ0) is 14.8. The highest BCUT2D eigenvalue weighted by Crippen LogP contribution is 2.10. The van der Waals surface area contributed by atoms with Gasteiger partial charge in [0.2, 0.25) is 0 Å². The van der Waals surface area contributed by atoms with Crippen LogP contribution in [0.25, 0.3) is 0 Å². The van der Waals surface area contributed by atoms with Gasteiger partial charge in [0.25, 0.3) is 0 Å². The molecule has 0 heterocycles. The highest BCUT2D eigenvalue weighted by Gasteiger charge is 2.13. The molecule has 0 atom stereocenters. The van der Waals surface area contributed by atoms with E-state index in [9.17, 15) is 0 Å². The third-order valence-corrected chi connectivity index (χ3v) is 5.00. The van der Waals surface area contributed by atoms with Gasteiger partial charge in [-0.3, -0.25) is 0 Å². The second-order valence-corrected chi connectivity index (χ2v) is 16.4. The number of hydrogen-bond donors (Lipinski definition) is 0. The highest BCUT2D eigenvalue weighted by atomic mass is 28.4. The summed E-state index contributed by atoms with van der Waals surface area (Å²) in [7, 11) is -2.55. The van der Waals surface area contributed by atoms with E-state index in [1.165, 1.54) is 44.9 Å². The van der Waals surface area contributed by atoms with E-state index < -0.39 is 16.6 Å². The van der Waals surface area contributed by atoms with Crippen LogP contribution in [0.2, 0.25) is 39.3 Å². The van der Waals surface area contributed by atoms with Crippen molar-refractivity contribution in [1.82, 2.24) is 0 Å². The molecule has 2 nitrogen and oxygen atoms in total. The Kier molecular flexibility index (Phi) is 10.3. The number of rotatable bonds is 12. The first-order valence-electron chi connectivity index (χ1n) is 7.99. The van der Waals surface area contributed by atoms with Gasteiger partial charge in [-0.2, -0.15) is 0 Å². The molecule has 0 rings (SSSR count). The fourth-order valence-electron chi connectivity index (χ4n) is 1.84. The molecule has 0 aliphatic carbocycles. The summed E-state index contributed by atoms with van der Waals surface area (Å²) in [5, 5.41) is 0. The first kappa shape index (κ1) is 19.4. The van der Waals surface area contributed by atoms with Crippen molar-refractivity contribution in [2.24, 2.45) is 0 Å². The van der Waals surface area contributed by atoms with Crippen molar-refractivity contribution in [3.05, 3.63) is 0 Å². The summed E-state index contributed by atoms with van der Waals surface area (Å²) < 4.78 is 11.7. The van der Waals surface area contributed by atoms with Gasteiger partial charge in [-0.15, -0.1) is 0 Å². The summed E-state index contributed by atoms with van der Waals surface area (Å²) >= 11 is 0. The van der Waals surface area contributed by atoms with E-state index in [0.29, 0.717) is 0 Å². The van der Waals surface area contributed by atoms with Gasteiger partial charge < -0.3 is 8.85 Å². The second-order valence-electron chi connectivity index (χ2n) is 7.40. The van der Waals surface area contributed by atoms with E-state index >= 15 is 0 Å². The van der Waals surface area contributed by atoms with Crippen LogP contribution in [0.1, 0.15) is 44.9 Å². The summed E-state index contributed by atoms with van der Waals surface area (Å²) in [6.07, 6.45) is 9.24. The Balaban J connectivity index is 3.12. The maximum atomic E-state index is 5.85. The summed E-state index contributed by atoms with van der Waals surface area (Å²) in [4.78, 5) is 0. The molecular formula is C15H36O2Si2. The lowest BCUT2D eigenvalue weighted by Gasteiger charge is -2.17. The number of unbranched alkanes of at least 4 members (excludes halogenated alkanes) is 6. The van der Waals surface area contributed by atoms with E-state index in [1.807, 2.05) is 0 Å². The molecular weight excluding hydrogens is 268 g/mol. The van der Waals surface area contributed by atoms with E-state index in [1.54, 1.807) is 0 Å². The van der Waals surface area contributed by atoms with Gasteiger partial charge in [-0.1, -0.05) is 32.1 Å². The molecule has 0 saturated heterocycles. The van der Waals surface area contributed by atoms with Gasteiger partial charge in [0.1, 0.15) is 0 Å². The van der Waals surface area contributed by atoms with Crippen LogP contribution in [0, 0.1) is 0 Å². The van der Waals surface area contributed by atoms with Gasteiger partial charge in [-0.25, -0.2) is 0 Å². The Morgan fingerprint density at radius 3 is 1.00 bits per heavy atom. The lowest BCUT2D eigenvalue weighted by Crippen LogP contribution is -2.25.